The average molecular weight is 398 g/mol. The molecule has 6 heteroatoms. The zero-order chi connectivity index (χ0) is 20.4. The summed E-state index contributed by atoms with van der Waals surface area (Å²) in [5.41, 5.74) is 2.27. The molecule has 0 bridgehead atoms. The zero-order valence-electron chi connectivity index (χ0n) is 16.6. The molecule has 0 spiro atoms. The Labute approximate surface area is 169 Å². The third kappa shape index (κ3) is 3.72. The molecule has 0 N–H and O–H groups in total. The predicted octanol–water partition coefficient (Wildman–Crippen LogP) is 4.78. The fourth-order valence-electron chi connectivity index (χ4n) is 4.10. The minimum absolute atomic E-state index is 0.347. The van der Waals surface area contributed by atoms with Gasteiger partial charge in [0.15, 0.2) is 11.6 Å². The summed E-state index contributed by atoms with van der Waals surface area (Å²) in [6, 6.07) is 13.6. The number of hydrogen-bond acceptors (Lipinski definition) is 3. The summed E-state index contributed by atoms with van der Waals surface area (Å²) in [7, 11) is 3.23. The summed E-state index contributed by atoms with van der Waals surface area (Å²) in [6.45, 7) is 2.13. The number of rotatable bonds is 5. The Balaban J connectivity index is 1.78. The topological polar surface area (TPSA) is 26.6 Å². The van der Waals surface area contributed by atoms with Gasteiger partial charge in [-0.3, -0.25) is 4.90 Å². The SMILES string of the molecule is COc1ccc(CN2CCCn3cccc3[C@@H]2c2cccc(F)c2F)c(OC)c1. The summed E-state index contributed by atoms with van der Waals surface area (Å²) < 4.78 is 41.8. The van der Waals surface area contributed by atoms with E-state index in [-0.39, 0.29) is 0 Å². The van der Waals surface area contributed by atoms with Crippen LogP contribution in [0.2, 0.25) is 0 Å². The van der Waals surface area contributed by atoms with Crippen molar-refractivity contribution in [3.63, 3.8) is 0 Å². The minimum atomic E-state index is -0.827. The van der Waals surface area contributed by atoms with E-state index in [1.54, 1.807) is 26.4 Å². The first kappa shape index (κ1) is 19.5. The van der Waals surface area contributed by atoms with E-state index in [0.29, 0.717) is 23.6 Å². The number of nitrogens with zero attached hydrogens (tertiary/aromatic N) is 2. The molecular formula is C23H24F2N2O2. The van der Waals surface area contributed by atoms with Crippen molar-refractivity contribution >= 4 is 0 Å². The van der Waals surface area contributed by atoms with Crippen LogP contribution >= 0.6 is 0 Å². The Morgan fingerprint density at radius 1 is 1.00 bits per heavy atom. The number of hydrogen-bond donors (Lipinski definition) is 0. The summed E-state index contributed by atoms with van der Waals surface area (Å²) >= 11 is 0. The van der Waals surface area contributed by atoms with Crippen LogP contribution in [0, 0.1) is 11.6 Å². The molecule has 1 aliphatic rings. The van der Waals surface area contributed by atoms with Gasteiger partial charge in [0, 0.05) is 48.7 Å². The molecule has 1 aromatic heterocycles. The molecule has 3 aromatic rings. The van der Waals surface area contributed by atoms with Crippen LogP contribution in [-0.2, 0) is 13.1 Å². The molecule has 0 amide bonds. The van der Waals surface area contributed by atoms with Crippen molar-refractivity contribution in [2.24, 2.45) is 0 Å². The lowest BCUT2D eigenvalue weighted by molar-refractivity contribution is 0.212. The first-order valence-corrected chi connectivity index (χ1v) is 9.66. The first-order chi connectivity index (χ1) is 14.1. The lowest BCUT2D eigenvalue weighted by Crippen LogP contribution is -2.30. The van der Waals surface area contributed by atoms with E-state index in [1.165, 1.54) is 0 Å². The predicted molar refractivity (Wildman–Crippen MR) is 107 cm³/mol. The van der Waals surface area contributed by atoms with Crippen LogP contribution in [0.5, 0.6) is 11.5 Å². The maximum absolute atomic E-state index is 14.8. The maximum Gasteiger partial charge on any atom is 0.163 e. The zero-order valence-corrected chi connectivity index (χ0v) is 16.6. The van der Waals surface area contributed by atoms with Crippen LogP contribution in [-0.4, -0.2) is 30.2 Å². The molecule has 2 aromatic carbocycles. The van der Waals surface area contributed by atoms with Crippen molar-refractivity contribution in [2.75, 3.05) is 20.8 Å². The van der Waals surface area contributed by atoms with Gasteiger partial charge in [0.05, 0.1) is 20.3 Å². The number of halogens is 2. The van der Waals surface area contributed by atoms with E-state index in [9.17, 15) is 8.78 Å². The number of aromatic nitrogens is 1. The Hall–Kier alpha value is -2.86. The molecule has 0 unspecified atom stereocenters. The van der Waals surface area contributed by atoms with Gasteiger partial charge < -0.3 is 14.0 Å². The number of fused-ring (bicyclic) bond motifs is 1. The standard InChI is InChI=1S/C23H24F2N2O2/c1-28-17-10-9-16(21(14-17)29-2)15-27-13-5-12-26-11-4-8-20(26)23(27)18-6-3-7-19(24)22(18)25/h3-4,6-11,14,23H,5,12-13,15H2,1-2H3/t23-/m0/s1. The van der Waals surface area contributed by atoms with Gasteiger partial charge in [-0.1, -0.05) is 18.2 Å². The van der Waals surface area contributed by atoms with E-state index in [1.807, 2.05) is 36.5 Å². The molecule has 0 aliphatic carbocycles. The third-order valence-corrected chi connectivity index (χ3v) is 5.50. The van der Waals surface area contributed by atoms with Crippen LogP contribution < -0.4 is 9.47 Å². The van der Waals surface area contributed by atoms with Crippen LogP contribution in [0.1, 0.15) is 29.3 Å². The first-order valence-electron chi connectivity index (χ1n) is 9.66. The highest BCUT2D eigenvalue weighted by Crippen LogP contribution is 2.36. The van der Waals surface area contributed by atoms with Gasteiger partial charge in [0.1, 0.15) is 11.5 Å². The molecule has 152 valence electrons. The summed E-state index contributed by atoms with van der Waals surface area (Å²) in [4.78, 5) is 2.18. The van der Waals surface area contributed by atoms with Crippen molar-refractivity contribution < 1.29 is 18.3 Å². The van der Waals surface area contributed by atoms with Crippen LogP contribution in [0.4, 0.5) is 8.78 Å². The number of methoxy groups -OCH3 is 2. The average Bonchev–Trinajstić information content (AvgIpc) is 3.12. The maximum atomic E-state index is 14.8. The Kier molecular flexibility index (Phi) is 5.53. The Bertz CT molecular complexity index is 1000. The molecule has 4 rings (SSSR count). The molecule has 1 atom stereocenters. The largest absolute Gasteiger partial charge is 0.497 e. The molecule has 1 aliphatic heterocycles. The fraction of sp³-hybridized carbons (Fsp3) is 0.304. The second-order valence-corrected chi connectivity index (χ2v) is 7.17. The van der Waals surface area contributed by atoms with Crippen molar-refractivity contribution in [3.8, 4) is 11.5 Å². The molecule has 0 saturated heterocycles. The van der Waals surface area contributed by atoms with Gasteiger partial charge in [0.25, 0.3) is 0 Å². The van der Waals surface area contributed by atoms with Crippen molar-refractivity contribution in [2.45, 2.75) is 25.6 Å². The van der Waals surface area contributed by atoms with Crippen LogP contribution in [0.25, 0.3) is 0 Å². The Morgan fingerprint density at radius 2 is 1.86 bits per heavy atom. The fourth-order valence-corrected chi connectivity index (χ4v) is 4.10. The molecule has 0 fully saturated rings. The normalized spacial score (nSPS) is 16.9. The second kappa shape index (κ2) is 8.25. The van der Waals surface area contributed by atoms with E-state index >= 15 is 0 Å². The summed E-state index contributed by atoms with van der Waals surface area (Å²) in [5, 5.41) is 0. The number of ether oxygens (including phenoxy) is 2. The molecular weight excluding hydrogens is 374 g/mol. The highest BCUT2D eigenvalue weighted by atomic mass is 19.2. The Morgan fingerprint density at radius 3 is 2.66 bits per heavy atom. The number of aryl methyl sites for hydroxylation is 1. The highest BCUT2D eigenvalue weighted by Gasteiger charge is 2.30. The molecule has 0 saturated carbocycles. The number of benzene rings is 2. The lowest BCUT2D eigenvalue weighted by atomic mass is 10.00. The van der Waals surface area contributed by atoms with Gasteiger partial charge in [0.2, 0.25) is 0 Å². The second-order valence-electron chi connectivity index (χ2n) is 7.17. The van der Waals surface area contributed by atoms with Crippen LogP contribution in [0.15, 0.2) is 54.7 Å². The smallest absolute Gasteiger partial charge is 0.163 e. The third-order valence-electron chi connectivity index (χ3n) is 5.50. The van der Waals surface area contributed by atoms with E-state index in [4.69, 9.17) is 9.47 Å². The van der Waals surface area contributed by atoms with Crippen molar-refractivity contribution in [3.05, 3.63) is 83.2 Å². The van der Waals surface area contributed by atoms with Crippen molar-refractivity contribution in [1.29, 1.82) is 0 Å². The van der Waals surface area contributed by atoms with Gasteiger partial charge in [-0.05, 0) is 30.7 Å². The van der Waals surface area contributed by atoms with Crippen molar-refractivity contribution in [1.82, 2.24) is 9.47 Å². The van der Waals surface area contributed by atoms with Gasteiger partial charge in [-0.25, -0.2) is 8.78 Å². The molecule has 29 heavy (non-hydrogen) atoms. The molecule has 4 nitrogen and oxygen atoms in total. The lowest BCUT2D eigenvalue weighted by Gasteiger charge is -2.31. The summed E-state index contributed by atoms with van der Waals surface area (Å²) in [5.74, 6) is -0.198. The van der Waals surface area contributed by atoms with Gasteiger partial charge in [-0.15, -0.1) is 0 Å². The molecule has 0 radical (unpaired) electrons. The van der Waals surface area contributed by atoms with Gasteiger partial charge in [-0.2, -0.15) is 0 Å². The van der Waals surface area contributed by atoms with Crippen LogP contribution in [0.3, 0.4) is 0 Å². The quantitative estimate of drug-likeness (QED) is 0.619. The highest BCUT2D eigenvalue weighted by molar-refractivity contribution is 5.41. The minimum Gasteiger partial charge on any atom is -0.497 e. The molecule has 2 heterocycles. The van der Waals surface area contributed by atoms with E-state index in [2.05, 4.69) is 9.47 Å². The monoisotopic (exact) mass is 398 g/mol. The van der Waals surface area contributed by atoms with E-state index in [0.717, 1.165) is 36.8 Å². The summed E-state index contributed by atoms with van der Waals surface area (Å²) in [6.07, 6.45) is 2.91. The van der Waals surface area contributed by atoms with Gasteiger partial charge >= 0.3 is 0 Å². The van der Waals surface area contributed by atoms with E-state index < -0.39 is 17.7 Å².